The minimum Gasteiger partial charge on any atom is -0.274 e. The monoisotopic (exact) mass is 481 g/mol. The Labute approximate surface area is 196 Å². The number of carbonyl (C=O) groups is 2. The van der Waals surface area contributed by atoms with Crippen LogP contribution in [0, 0.1) is 0 Å². The molecular formula is C25H15ClF3N3O2. The zero-order valence-electron chi connectivity index (χ0n) is 17.4. The van der Waals surface area contributed by atoms with Gasteiger partial charge in [-0.05, 0) is 30.3 Å². The third-order valence-electron chi connectivity index (χ3n) is 5.65. The molecule has 9 heteroatoms. The Morgan fingerprint density at radius 3 is 2.03 bits per heavy atom. The number of aromatic nitrogens is 2. The van der Waals surface area contributed by atoms with Gasteiger partial charge in [-0.2, -0.15) is 13.2 Å². The van der Waals surface area contributed by atoms with Crippen LogP contribution in [0.3, 0.4) is 0 Å². The second-order valence-electron chi connectivity index (χ2n) is 7.73. The van der Waals surface area contributed by atoms with Crippen LogP contribution in [0.15, 0.2) is 66.7 Å². The van der Waals surface area contributed by atoms with Crippen LogP contribution in [-0.4, -0.2) is 33.2 Å². The normalized spacial score (nSPS) is 13.6. The maximum Gasteiger partial charge on any atom is 0.418 e. The van der Waals surface area contributed by atoms with E-state index in [1.807, 2.05) is 0 Å². The summed E-state index contributed by atoms with van der Waals surface area (Å²) < 4.78 is 40.9. The Morgan fingerprint density at radius 2 is 1.41 bits per heavy atom. The molecule has 2 heterocycles. The van der Waals surface area contributed by atoms with Gasteiger partial charge in [-0.15, -0.1) is 0 Å². The summed E-state index contributed by atoms with van der Waals surface area (Å²) in [4.78, 5) is 35.4. The van der Waals surface area contributed by atoms with Gasteiger partial charge in [-0.3, -0.25) is 14.5 Å². The van der Waals surface area contributed by atoms with Gasteiger partial charge in [0.15, 0.2) is 0 Å². The second kappa shape index (κ2) is 8.22. The smallest absolute Gasteiger partial charge is 0.274 e. The van der Waals surface area contributed by atoms with E-state index >= 15 is 0 Å². The predicted octanol–water partition coefficient (Wildman–Crippen LogP) is 5.81. The van der Waals surface area contributed by atoms with Crippen molar-refractivity contribution in [3.05, 3.63) is 94.1 Å². The number of carbonyl (C=O) groups excluding carboxylic acids is 2. The van der Waals surface area contributed by atoms with Crippen molar-refractivity contribution in [3.8, 4) is 11.3 Å². The molecule has 1 aromatic heterocycles. The Balaban J connectivity index is 1.59. The molecule has 5 rings (SSSR count). The summed E-state index contributed by atoms with van der Waals surface area (Å²) in [5, 5.41) is 0.294. The van der Waals surface area contributed by atoms with Gasteiger partial charge in [0.1, 0.15) is 5.52 Å². The lowest BCUT2D eigenvalue weighted by Gasteiger charge is -2.17. The molecule has 4 aromatic rings. The first-order valence-corrected chi connectivity index (χ1v) is 10.7. The summed E-state index contributed by atoms with van der Waals surface area (Å²) in [6.45, 7) is -0.0110. The van der Waals surface area contributed by atoms with Crippen molar-refractivity contribution in [2.24, 2.45) is 0 Å². The van der Waals surface area contributed by atoms with Gasteiger partial charge >= 0.3 is 6.18 Å². The van der Waals surface area contributed by atoms with Crippen molar-refractivity contribution in [1.82, 2.24) is 14.9 Å². The Bertz CT molecular complexity index is 1430. The SMILES string of the molecule is O=C1c2ccccc2C(=O)N1CCc1nc2cccc(C(F)(F)F)c2nc1-c1ccccc1Cl. The molecule has 0 aliphatic carbocycles. The zero-order valence-corrected chi connectivity index (χ0v) is 18.2. The standard InChI is InChI=1S/C25H15ClF3N3O2/c26-18-10-4-3-8-16(18)21-20(30-19-11-5-9-17(22(19)31-21)25(27,28)29)12-13-32-23(33)14-6-1-2-7-15(14)24(32)34/h1-11H,12-13H2. The van der Waals surface area contributed by atoms with Crippen LogP contribution < -0.4 is 0 Å². The summed E-state index contributed by atoms with van der Waals surface area (Å²) in [7, 11) is 0. The summed E-state index contributed by atoms with van der Waals surface area (Å²) in [5.41, 5.74) is 0.405. The van der Waals surface area contributed by atoms with Gasteiger partial charge in [0.25, 0.3) is 11.8 Å². The maximum atomic E-state index is 13.6. The average Bonchev–Trinajstić information content (AvgIpc) is 3.06. The van der Waals surface area contributed by atoms with Crippen molar-refractivity contribution < 1.29 is 22.8 Å². The highest BCUT2D eigenvalue weighted by Crippen LogP contribution is 2.36. The fourth-order valence-corrected chi connectivity index (χ4v) is 4.27. The molecule has 5 nitrogen and oxygen atoms in total. The van der Waals surface area contributed by atoms with Gasteiger partial charge in [-0.1, -0.05) is 48.0 Å². The van der Waals surface area contributed by atoms with Crippen molar-refractivity contribution in [3.63, 3.8) is 0 Å². The van der Waals surface area contributed by atoms with E-state index in [2.05, 4.69) is 9.97 Å². The third kappa shape index (κ3) is 3.70. The number of fused-ring (bicyclic) bond motifs is 2. The minimum atomic E-state index is -4.62. The molecule has 0 saturated heterocycles. The molecule has 0 spiro atoms. The van der Waals surface area contributed by atoms with Gasteiger partial charge in [0, 0.05) is 18.5 Å². The van der Waals surface area contributed by atoms with E-state index in [9.17, 15) is 22.8 Å². The number of para-hydroxylation sites is 1. The number of imide groups is 1. The van der Waals surface area contributed by atoms with Crippen LogP contribution in [0.25, 0.3) is 22.3 Å². The summed E-state index contributed by atoms with van der Waals surface area (Å²) in [5.74, 6) is -0.846. The topological polar surface area (TPSA) is 63.2 Å². The van der Waals surface area contributed by atoms with E-state index in [0.29, 0.717) is 27.4 Å². The van der Waals surface area contributed by atoms with Crippen LogP contribution >= 0.6 is 11.6 Å². The van der Waals surface area contributed by atoms with E-state index in [4.69, 9.17) is 11.6 Å². The molecule has 1 aliphatic rings. The first-order chi connectivity index (χ1) is 16.3. The molecule has 0 N–H and O–H groups in total. The number of halogens is 4. The molecule has 2 amide bonds. The van der Waals surface area contributed by atoms with Gasteiger partial charge < -0.3 is 0 Å². The number of nitrogens with zero attached hydrogens (tertiary/aromatic N) is 3. The van der Waals surface area contributed by atoms with Crippen LogP contribution in [0.1, 0.15) is 32.0 Å². The lowest BCUT2D eigenvalue weighted by atomic mass is 10.1. The summed E-state index contributed by atoms with van der Waals surface area (Å²) in [6.07, 6.45) is -4.53. The van der Waals surface area contributed by atoms with Crippen molar-refractivity contribution in [1.29, 1.82) is 0 Å². The number of hydrogen-bond acceptors (Lipinski definition) is 4. The Kier molecular flexibility index (Phi) is 5.32. The molecule has 3 aromatic carbocycles. The largest absolute Gasteiger partial charge is 0.418 e. The number of amides is 2. The molecule has 170 valence electrons. The fraction of sp³-hybridized carbons (Fsp3) is 0.120. The molecule has 0 saturated carbocycles. The predicted molar refractivity (Wildman–Crippen MR) is 120 cm³/mol. The van der Waals surface area contributed by atoms with Crippen LogP contribution in [0.4, 0.5) is 13.2 Å². The van der Waals surface area contributed by atoms with Gasteiger partial charge in [0.2, 0.25) is 0 Å². The summed E-state index contributed by atoms with van der Waals surface area (Å²) >= 11 is 6.34. The molecule has 0 unspecified atom stereocenters. The highest BCUT2D eigenvalue weighted by Gasteiger charge is 2.36. The van der Waals surface area contributed by atoms with E-state index in [1.54, 1.807) is 48.5 Å². The lowest BCUT2D eigenvalue weighted by molar-refractivity contribution is -0.136. The van der Waals surface area contributed by atoms with E-state index in [0.717, 1.165) is 11.0 Å². The zero-order chi connectivity index (χ0) is 24.0. The molecule has 34 heavy (non-hydrogen) atoms. The highest BCUT2D eigenvalue weighted by molar-refractivity contribution is 6.33. The first-order valence-electron chi connectivity index (χ1n) is 10.3. The molecule has 0 atom stereocenters. The van der Waals surface area contributed by atoms with E-state index in [1.165, 1.54) is 12.1 Å². The third-order valence-corrected chi connectivity index (χ3v) is 5.98. The number of hydrogen-bond donors (Lipinski definition) is 0. The molecule has 0 bridgehead atoms. The molecule has 0 fully saturated rings. The number of benzene rings is 3. The summed E-state index contributed by atoms with van der Waals surface area (Å²) in [6, 6.07) is 16.8. The van der Waals surface area contributed by atoms with Crippen molar-refractivity contribution in [2.75, 3.05) is 6.54 Å². The average molecular weight is 482 g/mol. The Hall–Kier alpha value is -3.78. The van der Waals surface area contributed by atoms with Crippen LogP contribution in [-0.2, 0) is 12.6 Å². The lowest BCUT2D eigenvalue weighted by Crippen LogP contribution is -2.32. The molecular weight excluding hydrogens is 467 g/mol. The van der Waals surface area contributed by atoms with Gasteiger partial charge in [0.05, 0.1) is 38.6 Å². The van der Waals surface area contributed by atoms with Crippen LogP contribution in [0.5, 0.6) is 0 Å². The van der Waals surface area contributed by atoms with Crippen molar-refractivity contribution >= 4 is 34.4 Å². The second-order valence-corrected chi connectivity index (χ2v) is 8.13. The molecule has 0 radical (unpaired) electrons. The maximum absolute atomic E-state index is 13.6. The Morgan fingerprint density at radius 1 is 0.794 bits per heavy atom. The molecule has 1 aliphatic heterocycles. The number of alkyl halides is 3. The van der Waals surface area contributed by atoms with Crippen molar-refractivity contribution in [2.45, 2.75) is 12.6 Å². The van der Waals surface area contributed by atoms with Gasteiger partial charge in [-0.25, -0.2) is 9.97 Å². The van der Waals surface area contributed by atoms with E-state index in [-0.39, 0.29) is 29.7 Å². The fourth-order valence-electron chi connectivity index (χ4n) is 4.05. The van der Waals surface area contributed by atoms with Crippen LogP contribution in [0.2, 0.25) is 5.02 Å². The number of rotatable bonds is 4. The minimum absolute atomic E-state index is 0.0110. The highest BCUT2D eigenvalue weighted by atomic mass is 35.5. The van der Waals surface area contributed by atoms with E-state index < -0.39 is 23.6 Å². The quantitative estimate of drug-likeness (QED) is 0.345. The first kappa shape index (κ1) is 22.0.